The van der Waals surface area contributed by atoms with Gasteiger partial charge in [0.05, 0.1) is 17.6 Å². The molecule has 2 rings (SSSR count). The molecule has 0 aliphatic heterocycles. The molecule has 1 saturated carbocycles. The molecule has 0 spiro atoms. The molecule has 0 unspecified atom stereocenters. The Balaban J connectivity index is 2.11. The lowest BCUT2D eigenvalue weighted by Crippen LogP contribution is -2.37. The fraction of sp³-hybridized carbons (Fsp3) is 0.857. The molecule has 1 heterocycles. The Morgan fingerprint density at radius 3 is 2.47 bits per heavy atom. The van der Waals surface area contributed by atoms with Gasteiger partial charge in [-0.25, -0.2) is 0 Å². The molecule has 5 nitrogen and oxygen atoms in total. The second kappa shape index (κ2) is 5.59. The van der Waals surface area contributed by atoms with Crippen LogP contribution in [0.5, 0.6) is 0 Å². The van der Waals surface area contributed by atoms with E-state index in [1.54, 1.807) is 7.11 Å². The van der Waals surface area contributed by atoms with Crippen molar-refractivity contribution < 1.29 is 9.26 Å². The van der Waals surface area contributed by atoms with Crippen molar-refractivity contribution in [2.45, 2.75) is 69.9 Å². The second-order valence-electron chi connectivity index (χ2n) is 6.22. The van der Waals surface area contributed by atoms with Gasteiger partial charge in [-0.15, -0.1) is 0 Å². The van der Waals surface area contributed by atoms with Crippen LogP contribution in [0.1, 0.15) is 64.1 Å². The molecule has 0 aromatic carbocycles. The van der Waals surface area contributed by atoms with E-state index in [0.29, 0.717) is 18.1 Å². The predicted octanol–water partition coefficient (Wildman–Crippen LogP) is 2.55. The number of methoxy groups -OCH3 is 1. The Hall–Kier alpha value is -0.940. The highest BCUT2D eigenvalue weighted by atomic mass is 16.5. The Kier molecular flexibility index (Phi) is 4.26. The van der Waals surface area contributed by atoms with Crippen LogP contribution in [0.2, 0.25) is 0 Å². The highest BCUT2D eigenvalue weighted by Gasteiger charge is 2.34. The van der Waals surface area contributed by atoms with Gasteiger partial charge in [0.2, 0.25) is 5.89 Å². The van der Waals surface area contributed by atoms with Gasteiger partial charge in [0.1, 0.15) is 0 Å². The third kappa shape index (κ3) is 3.54. The summed E-state index contributed by atoms with van der Waals surface area (Å²) in [5, 5.41) is 4.11. The van der Waals surface area contributed by atoms with Gasteiger partial charge in [0, 0.05) is 7.11 Å². The fourth-order valence-electron chi connectivity index (χ4n) is 2.55. The molecule has 1 aliphatic carbocycles. The molecule has 0 saturated heterocycles. The van der Waals surface area contributed by atoms with Crippen LogP contribution in [0.15, 0.2) is 4.52 Å². The van der Waals surface area contributed by atoms with Crippen molar-refractivity contribution in [3.63, 3.8) is 0 Å². The van der Waals surface area contributed by atoms with E-state index in [1.165, 1.54) is 12.8 Å². The minimum absolute atomic E-state index is 0.297. The van der Waals surface area contributed by atoms with Crippen molar-refractivity contribution in [1.82, 2.24) is 10.1 Å². The average Bonchev–Trinajstić information content (AvgIpc) is 2.71. The summed E-state index contributed by atoms with van der Waals surface area (Å²) in [5.41, 5.74) is 5.77. The smallest absolute Gasteiger partial charge is 0.229 e. The number of nitrogens with two attached hydrogens (primary N) is 1. The first kappa shape index (κ1) is 14.5. The van der Waals surface area contributed by atoms with Crippen LogP contribution < -0.4 is 5.73 Å². The van der Waals surface area contributed by atoms with Gasteiger partial charge in [-0.3, -0.25) is 0 Å². The number of ether oxygens (including phenoxy) is 1. The molecule has 0 atom stereocenters. The van der Waals surface area contributed by atoms with E-state index in [9.17, 15) is 0 Å². The van der Waals surface area contributed by atoms with E-state index < -0.39 is 5.54 Å². The van der Waals surface area contributed by atoms with Crippen LogP contribution in [0.25, 0.3) is 0 Å². The zero-order valence-corrected chi connectivity index (χ0v) is 12.2. The fourth-order valence-corrected chi connectivity index (χ4v) is 2.55. The first-order chi connectivity index (χ1) is 8.95. The van der Waals surface area contributed by atoms with Crippen LogP contribution in [-0.2, 0) is 16.7 Å². The van der Waals surface area contributed by atoms with Gasteiger partial charge < -0.3 is 15.0 Å². The summed E-state index contributed by atoms with van der Waals surface area (Å²) in [6.07, 6.45) is 7.28. The van der Waals surface area contributed by atoms with Crippen LogP contribution in [0.4, 0.5) is 0 Å². The van der Waals surface area contributed by atoms with Crippen molar-refractivity contribution in [1.29, 1.82) is 0 Å². The lowest BCUT2D eigenvalue weighted by molar-refractivity contribution is 0.0170. The van der Waals surface area contributed by atoms with E-state index in [4.69, 9.17) is 15.0 Å². The van der Waals surface area contributed by atoms with Gasteiger partial charge in [-0.2, -0.15) is 4.98 Å². The first-order valence-corrected chi connectivity index (χ1v) is 7.12. The summed E-state index contributed by atoms with van der Waals surface area (Å²) in [5.74, 6) is 1.27. The molecule has 5 heteroatoms. The monoisotopic (exact) mass is 267 g/mol. The Morgan fingerprint density at radius 2 is 1.89 bits per heavy atom. The van der Waals surface area contributed by atoms with Gasteiger partial charge >= 0.3 is 0 Å². The summed E-state index contributed by atoms with van der Waals surface area (Å²) >= 11 is 0. The van der Waals surface area contributed by atoms with E-state index in [0.717, 1.165) is 25.7 Å². The van der Waals surface area contributed by atoms with E-state index >= 15 is 0 Å². The van der Waals surface area contributed by atoms with Crippen LogP contribution in [-0.4, -0.2) is 22.9 Å². The van der Waals surface area contributed by atoms with Crippen molar-refractivity contribution in [2.75, 3.05) is 7.11 Å². The number of rotatable bonds is 4. The molecule has 108 valence electrons. The molecular formula is C14H25N3O2. The third-order valence-corrected chi connectivity index (χ3v) is 4.04. The topological polar surface area (TPSA) is 74.2 Å². The first-order valence-electron chi connectivity index (χ1n) is 7.12. The average molecular weight is 267 g/mol. The minimum atomic E-state index is -0.407. The highest BCUT2D eigenvalue weighted by Crippen LogP contribution is 2.32. The summed E-state index contributed by atoms with van der Waals surface area (Å²) in [6.45, 7) is 4.00. The minimum Gasteiger partial charge on any atom is -0.378 e. The summed E-state index contributed by atoms with van der Waals surface area (Å²) in [6, 6.07) is 0. The quantitative estimate of drug-likeness (QED) is 0.849. The Morgan fingerprint density at radius 1 is 1.26 bits per heavy atom. The summed E-state index contributed by atoms with van der Waals surface area (Å²) in [7, 11) is 1.69. The molecule has 0 radical (unpaired) electrons. The van der Waals surface area contributed by atoms with Gasteiger partial charge in [0.25, 0.3) is 0 Å². The Bertz CT molecular complexity index is 407. The second-order valence-corrected chi connectivity index (χ2v) is 6.22. The largest absolute Gasteiger partial charge is 0.378 e. The molecule has 19 heavy (non-hydrogen) atoms. The van der Waals surface area contributed by atoms with Crippen molar-refractivity contribution in [3.8, 4) is 0 Å². The zero-order valence-electron chi connectivity index (χ0n) is 12.2. The predicted molar refractivity (Wildman–Crippen MR) is 72.7 cm³/mol. The van der Waals surface area contributed by atoms with Crippen LogP contribution >= 0.6 is 0 Å². The zero-order chi connectivity index (χ0) is 13.9. The van der Waals surface area contributed by atoms with Gasteiger partial charge in [0.15, 0.2) is 5.82 Å². The molecule has 1 aliphatic rings. The lowest BCUT2D eigenvalue weighted by Gasteiger charge is -2.23. The molecular weight excluding hydrogens is 242 g/mol. The molecule has 1 aromatic heterocycles. The van der Waals surface area contributed by atoms with Gasteiger partial charge in [-0.05, 0) is 26.7 Å². The van der Waals surface area contributed by atoms with Crippen LogP contribution in [0, 0.1) is 0 Å². The van der Waals surface area contributed by atoms with E-state index in [1.807, 2.05) is 13.8 Å². The van der Waals surface area contributed by atoms with Crippen LogP contribution in [0.3, 0.4) is 0 Å². The standard InChI is InChI=1S/C14H25N3O2/c1-13(2,18-3)10-11-16-12(17-19-11)14(15)8-6-4-5-7-9-14/h4-10,15H2,1-3H3. The number of hydrogen-bond donors (Lipinski definition) is 1. The number of nitrogens with zero attached hydrogens (tertiary/aromatic N) is 2. The molecule has 2 N–H and O–H groups in total. The lowest BCUT2D eigenvalue weighted by atomic mass is 9.91. The number of aromatic nitrogens is 2. The van der Waals surface area contributed by atoms with Gasteiger partial charge in [-0.1, -0.05) is 30.8 Å². The maximum atomic E-state index is 6.47. The van der Waals surface area contributed by atoms with E-state index in [2.05, 4.69) is 10.1 Å². The maximum Gasteiger partial charge on any atom is 0.229 e. The van der Waals surface area contributed by atoms with Crippen molar-refractivity contribution in [3.05, 3.63) is 11.7 Å². The van der Waals surface area contributed by atoms with E-state index in [-0.39, 0.29) is 5.60 Å². The molecule has 1 aromatic rings. The summed E-state index contributed by atoms with van der Waals surface area (Å²) in [4.78, 5) is 4.50. The SMILES string of the molecule is COC(C)(C)Cc1nc(C2(N)CCCCCC2)no1. The molecule has 1 fully saturated rings. The third-order valence-electron chi connectivity index (χ3n) is 4.04. The number of hydrogen-bond acceptors (Lipinski definition) is 5. The van der Waals surface area contributed by atoms with Crippen molar-refractivity contribution >= 4 is 0 Å². The molecule has 0 amide bonds. The molecule has 0 bridgehead atoms. The van der Waals surface area contributed by atoms with Crippen molar-refractivity contribution in [2.24, 2.45) is 5.73 Å². The normalized spacial score (nSPS) is 20.2. The highest BCUT2D eigenvalue weighted by molar-refractivity contribution is 5.05. The Labute approximate surface area is 114 Å². The maximum absolute atomic E-state index is 6.47. The summed E-state index contributed by atoms with van der Waals surface area (Å²) < 4.78 is 10.7.